The van der Waals surface area contributed by atoms with Crippen molar-refractivity contribution in [3.8, 4) is 11.4 Å². The van der Waals surface area contributed by atoms with Crippen LogP contribution < -0.4 is 10.1 Å². The number of anilines is 1. The fourth-order valence-electron chi connectivity index (χ4n) is 3.68. The fraction of sp³-hybridized carbons (Fsp3) is 0.318. The van der Waals surface area contributed by atoms with E-state index in [1.54, 1.807) is 7.11 Å². The standard InChI is InChI=1S/C22H24ClN3O/c1-15-13-17(23)8-11-21(15)26-22-19(5-3-4-12-24-22)20(25-26)14-16-6-9-18(27-2)10-7-16/h6-11,13,24H,3-5,12,14H2,1-2H3. The number of fused-ring (bicyclic) bond motifs is 1. The van der Waals surface area contributed by atoms with Gasteiger partial charge in [0.05, 0.1) is 18.5 Å². The molecule has 0 saturated carbocycles. The summed E-state index contributed by atoms with van der Waals surface area (Å²) < 4.78 is 7.33. The molecule has 5 heteroatoms. The summed E-state index contributed by atoms with van der Waals surface area (Å²) in [7, 11) is 1.69. The summed E-state index contributed by atoms with van der Waals surface area (Å²) in [5.41, 5.74) is 5.90. The van der Waals surface area contributed by atoms with Crippen molar-refractivity contribution < 1.29 is 4.74 Å². The number of hydrogen-bond donors (Lipinski definition) is 1. The third kappa shape index (κ3) is 3.67. The van der Waals surface area contributed by atoms with Gasteiger partial charge < -0.3 is 10.1 Å². The van der Waals surface area contributed by atoms with Crippen molar-refractivity contribution >= 4 is 17.4 Å². The fourth-order valence-corrected chi connectivity index (χ4v) is 3.91. The molecule has 0 radical (unpaired) electrons. The van der Waals surface area contributed by atoms with Gasteiger partial charge >= 0.3 is 0 Å². The summed E-state index contributed by atoms with van der Waals surface area (Å²) in [6.45, 7) is 3.06. The van der Waals surface area contributed by atoms with E-state index in [0.29, 0.717) is 0 Å². The Morgan fingerprint density at radius 2 is 1.96 bits per heavy atom. The van der Waals surface area contributed by atoms with Gasteiger partial charge in [0.1, 0.15) is 11.6 Å². The third-order valence-corrected chi connectivity index (χ3v) is 5.37. The van der Waals surface area contributed by atoms with Gasteiger partial charge in [-0.05, 0) is 67.6 Å². The predicted octanol–water partition coefficient (Wildman–Crippen LogP) is 5.18. The summed E-state index contributed by atoms with van der Waals surface area (Å²) in [6, 6.07) is 14.2. The van der Waals surface area contributed by atoms with Gasteiger partial charge in [-0.15, -0.1) is 0 Å². The number of nitrogens with zero attached hydrogens (tertiary/aromatic N) is 2. The minimum absolute atomic E-state index is 0.751. The minimum Gasteiger partial charge on any atom is -0.497 e. The molecule has 4 nitrogen and oxygen atoms in total. The van der Waals surface area contributed by atoms with Gasteiger partial charge in [0.15, 0.2) is 0 Å². The molecule has 2 aromatic carbocycles. The van der Waals surface area contributed by atoms with Crippen LogP contribution in [0.2, 0.25) is 5.02 Å². The molecule has 3 aromatic rings. The minimum atomic E-state index is 0.751. The van der Waals surface area contributed by atoms with Crippen LogP contribution in [-0.2, 0) is 12.8 Å². The van der Waals surface area contributed by atoms with Gasteiger partial charge in [-0.1, -0.05) is 23.7 Å². The summed E-state index contributed by atoms with van der Waals surface area (Å²) in [5.74, 6) is 2.00. The van der Waals surface area contributed by atoms with E-state index < -0.39 is 0 Å². The quantitative estimate of drug-likeness (QED) is 0.676. The van der Waals surface area contributed by atoms with Crippen LogP contribution in [0, 0.1) is 6.92 Å². The van der Waals surface area contributed by atoms with Crippen LogP contribution in [0.5, 0.6) is 5.75 Å². The lowest BCUT2D eigenvalue weighted by atomic mass is 10.0. The summed E-state index contributed by atoms with van der Waals surface area (Å²) >= 11 is 6.16. The first kappa shape index (κ1) is 17.9. The zero-order valence-corrected chi connectivity index (χ0v) is 16.5. The number of aromatic nitrogens is 2. The molecule has 0 spiro atoms. The molecule has 4 rings (SSSR count). The Bertz CT molecular complexity index is 947. The normalized spacial score (nSPS) is 13.6. The molecule has 0 unspecified atom stereocenters. The molecule has 1 aliphatic heterocycles. The van der Waals surface area contributed by atoms with E-state index in [-0.39, 0.29) is 0 Å². The summed E-state index contributed by atoms with van der Waals surface area (Å²) in [5, 5.41) is 9.37. The van der Waals surface area contributed by atoms with Gasteiger partial charge in [0, 0.05) is 23.6 Å². The largest absolute Gasteiger partial charge is 0.497 e. The van der Waals surface area contributed by atoms with Crippen molar-refractivity contribution in [1.82, 2.24) is 9.78 Å². The summed E-state index contributed by atoms with van der Waals surface area (Å²) in [4.78, 5) is 0. The highest BCUT2D eigenvalue weighted by Crippen LogP contribution is 2.31. The highest BCUT2D eigenvalue weighted by molar-refractivity contribution is 6.30. The van der Waals surface area contributed by atoms with Gasteiger partial charge in [-0.3, -0.25) is 0 Å². The summed E-state index contributed by atoms with van der Waals surface area (Å²) in [6.07, 6.45) is 4.23. The molecule has 2 heterocycles. The lowest BCUT2D eigenvalue weighted by Crippen LogP contribution is -2.08. The van der Waals surface area contributed by atoms with Crippen LogP contribution in [0.1, 0.15) is 35.2 Å². The Morgan fingerprint density at radius 3 is 2.70 bits per heavy atom. The SMILES string of the molecule is COc1ccc(Cc2nn(-c3ccc(Cl)cc3C)c3c2CCCCN3)cc1. The predicted molar refractivity (Wildman–Crippen MR) is 111 cm³/mol. The number of rotatable bonds is 4. The maximum Gasteiger partial charge on any atom is 0.133 e. The molecule has 0 aliphatic carbocycles. The van der Waals surface area contributed by atoms with Crippen molar-refractivity contribution in [1.29, 1.82) is 0 Å². The van der Waals surface area contributed by atoms with Gasteiger partial charge in [0.25, 0.3) is 0 Å². The van der Waals surface area contributed by atoms with E-state index in [0.717, 1.165) is 52.9 Å². The molecule has 140 valence electrons. The van der Waals surface area contributed by atoms with Crippen LogP contribution in [0.4, 0.5) is 5.82 Å². The average molecular weight is 382 g/mol. The van der Waals surface area contributed by atoms with Crippen molar-refractivity contribution in [3.05, 3.63) is 69.9 Å². The lowest BCUT2D eigenvalue weighted by molar-refractivity contribution is 0.414. The Morgan fingerprint density at radius 1 is 1.15 bits per heavy atom. The number of aryl methyl sites for hydroxylation is 1. The maximum absolute atomic E-state index is 6.16. The Hall–Kier alpha value is -2.46. The molecule has 0 amide bonds. The van der Waals surface area contributed by atoms with Crippen molar-refractivity contribution in [2.75, 3.05) is 19.0 Å². The maximum atomic E-state index is 6.16. The third-order valence-electron chi connectivity index (χ3n) is 5.13. The van der Waals surface area contributed by atoms with E-state index >= 15 is 0 Å². The van der Waals surface area contributed by atoms with E-state index in [1.165, 1.54) is 24.0 Å². The average Bonchev–Trinajstić information content (AvgIpc) is 2.84. The van der Waals surface area contributed by atoms with E-state index in [2.05, 4.69) is 35.1 Å². The Balaban J connectivity index is 1.76. The number of hydrogen-bond acceptors (Lipinski definition) is 3. The van der Waals surface area contributed by atoms with Crippen molar-refractivity contribution in [2.24, 2.45) is 0 Å². The Kier molecular flexibility index (Phi) is 5.08. The van der Waals surface area contributed by atoms with E-state index in [1.807, 2.05) is 24.3 Å². The van der Waals surface area contributed by atoms with E-state index in [4.69, 9.17) is 21.4 Å². The molecular weight excluding hydrogens is 358 g/mol. The van der Waals surface area contributed by atoms with Gasteiger partial charge in [0.2, 0.25) is 0 Å². The van der Waals surface area contributed by atoms with Crippen LogP contribution in [0.25, 0.3) is 5.69 Å². The highest BCUT2D eigenvalue weighted by Gasteiger charge is 2.21. The number of halogens is 1. The number of methoxy groups -OCH3 is 1. The van der Waals surface area contributed by atoms with Crippen LogP contribution in [-0.4, -0.2) is 23.4 Å². The Labute approximate surface area is 165 Å². The first-order valence-electron chi connectivity index (χ1n) is 9.40. The van der Waals surface area contributed by atoms with Crippen molar-refractivity contribution in [3.63, 3.8) is 0 Å². The monoisotopic (exact) mass is 381 g/mol. The second-order valence-corrected chi connectivity index (χ2v) is 7.46. The molecule has 0 saturated heterocycles. The van der Waals surface area contributed by atoms with Crippen LogP contribution >= 0.6 is 11.6 Å². The molecular formula is C22H24ClN3O. The number of nitrogens with one attached hydrogen (secondary N) is 1. The molecule has 1 N–H and O–H groups in total. The molecule has 0 atom stereocenters. The zero-order chi connectivity index (χ0) is 18.8. The van der Waals surface area contributed by atoms with Crippen molar-refractivity contribution in [2.45, 2.75) is 32.6 Å². The molecule has 1 aromatic heterocycles. The molecule has 27 heavy (non-hydrogen) atoms. The second kappa shape index (κ2) is 7.65. The molecule has 1 aliphatic rings. The number of ether oxygens (including phenoxy) is 1. The first-order chi connectivity index (χ1) is 13.2. The molecule has 0 bridgehead atoms. The zero-order valence-electron chi connectivity index (χ0n) is 15.8. The highest BCUT2D eigenvalue weighted by atomic mass is 35.5. The topological polar surface area (TPSA) is 39.1 Å². The van der Waals surface area contributed by atoms with Gasteiger partial charge in [-0.2, -0.15) is 5.10 Å². The smallest absolute Gasteiger partial charge is 0.133 e. The second-order valence-electron chi connectivity index (χ2n) is 7.03. The van der Waals surface area contributed by atoms with Crippen LogP contribution in [0.15, 0.2) is 42.5 Å². The lowest BCUT2D eigenvalue weighted by Gasteiger charge is -2.11. The first-order valence-corrected chi connectivity index (χ1v) is 9.77. The van der Waals surface area contributed by atoms with E-state index in [9.17, 15) is 0 Å². The van der Waals surface area contributed by atoms with Gasteiger partial charge in [-0.25, -0.2) is 4.68 Å². The molecule has 0 fully saturated rings. The van der Waals surface area contributed by atoms with Crippen LogP contribution in [0.3, 0.4) is 0 Å². The number of benzene rings is 2.